The van der Waals surface area contributed by atoms with Crippen molar-refractivity contribution in [2.24, 2.45) is 0 Å². The molecule has 0 bridgehead atoms. The number of nitrogens with one attached hydrogen (secondary N) is 3. The number of thioether (sulfide) groups is 1. The monoisotopic (exact) mass is 592 g/mol. The molecule has 5 rings (SSSR count). The van der Waals surface area contributed by atoms with Gasteiger partial charge in [0.2, 0.25) is 5.91 Å². The first-order chi connectivity index (χ1) is 20.3. The SMILES string of the molecule is Cc1ccc2nc(NC(=O)C(C)Sc3ccc(NC(=O)/C(=C/c4ccccc4)NC(=O)c4ccccc4)cc3)sc2c1. The van der Waals surface area contributed by atoms with E-state index in [4.69, 9.17) is 0 Å². The molecule has 1 atom stereocenters. The zero-order valence-corrected chi connectivity index (χ0v) is 24.6. The van der Waals surface area contributed by atoms with Crippen molar-refractivity contribution in [2.75, 3.05) is 10.6 Å². The summed E-state index contributed by atoms with van der Waals surface area (Å²) in [5.41, 5.74) is 3.90. The Morgan fingerprint density at radius 1 is 0.857 bits per heavy atom. The van der Waals surface area contributed by atoms with E-state index in [1.165, 1.54) is 23.1 Å². The summed E-state index contributed by atoms with van der Waals surface area (Å²) in [5.74, 6) is -0.978. The molecular formula is C33H28N4O3S2. The smallest absolute Gasteiger partial charge is 0.272 e. The van der Waals surface area contributed by atoms with E-state index in [1.807, 2.05) is 74.5 Å². The maximum Gasteiger partial charge on any atom is 0.272 e. The molecule has 0 aliphatic carbocycles. The zero-order valence-electron chi connectivity index (χ0n) is 23.0. The van der Waals surface area contributed by atoms with Crippen LogP contribution in [0.4, 0.5) is 10.8 Å². The lowest BCUT2D eigenvalue weighted by Crippen LogP contribution is -2.30. The molecule has 3 N–H and O–H groups in total. The van der Waals surface area contributed by atoms with E-state index in [9.17, 15) is 14.4 Å². The van der Waals surface area contributed by atoms with Crippen molar-refractivity contribution in [1.29, 1.82) is 0 Å². The Balaban J connectivity index is 1.22. The summed E-state index contributed by atoms with van der Waals surface area (Å²) in [5, 5.41) is 8.72. The van der Waals surface area contributed by atoms with Crippen LogP contribution in [0.5, 0.6) is 0 Å². The van der Waals surface area contributed by atoms with Crippen LogP contribution >= 0.6 is 23.1 Å². The van der Waals surface area contributed by atoms with Gasteiger partial charge in [-0.1, -0.05) is 65.9 Å². The van der Waals surface area contributed by atoms with Gasteiger partial charge in [0.25, 0.3) is 11.8 Å². The van der Waals surface area contributed by atoms with Crippen LogP contribution in [0.2, 0.25) is 0 Å². The van der Waals surface area contributed by atoms with Crippen molar-refractivity contribution in [1.82, 2.24) is 10.3 Å². The van der Waals surface area contributed by atoms with Gasteiger partial charge in [-0.05, 0) is 79.6 Å². The van der Waals surface area contributed by atoms with Gasteiger partial charge in [0.05, 0.1) is 15.5 Å². The Morgan fingerprint density at radius 2 is 1.55 bits per heavy atom. The highest BCUT2D eigenvalue weighted by molar-refractivity contribution is 8.00. The lowest BCUT2D eigenvalue weighted by Gasteiger charge is -2.13. The number of anilines is 2. The molecule has 0 aliphatic rings. The first kappa shape index (κ1) is 28.8. The molecule has 3 amide bonds. The minimum absolute atomic E-state index is 0.115. The fraction of sp³-hybridized carbons (Fsp3) is 0.0909. The second-order valence-corrected chi connectivity index (χ2v) is 12.0. The molecule has 4 aromatic carbocycles. The fourth-order valence-electron chi connectivity index (χ4n) is 4.02. The minimum atomic E-state index is -0.456. The Kier molecular flexibility index (Phi) is 9.11. The Labute approximate surface area is 252 Å². The van der Waals surface area contributed by atoms with Crippen molar-refractivity contribution in [3.8, 4) is 0 Å². The van der Waals surface area contributed by atoms with Crippen LogP contribution in [0.1, 0.15) is 28.4 Å². The Bertz CT molecular complexity index is 1750. The highest BCUT2D eigenvalue weighted by Crippen LogP contribution is 2.29. The molecular weight excluding hydrogens is 565 g/mol. The standard InChI is InChI=1S/C33H28N4O3S2/c1-21-13-18-27-29(19-21)42-33(36-27)37-30(38)22(2)41-26-16-14-25(15-17-26)34-32(40)28(20-23-9-5-3-6-10-23)35-31(39)24-11-7-4-8-12-24/h3-20,22H,1-2H3,(H,34,40)(H,35,39)(H,36,37,38)/b28-20-. The van der Waals surface area contributed by atoms with E-state index >= 15 is 0 Å². The Morgan fingerprint density at radius 3 is 2.26 bits per heavy atom. The van der Waals surface area contributed by atoms with Gasteiger partial charge < -0.3 is 16.0 Å². The van der Waals surface area contributed by atoms with E-state index in [0.29, 0.717) is 16.4 Å². The number of benzene rings is 4. The van der Waals surface area contributed by atoms with Crippen molar-refractivity contribution < 1.29 is 14.4 Å². The van der Waals surface area contributed by atoms with Crippen LogP contribution in [0.15, 0.2) is 114 Å². The molecule has 7 nitrogen and oxygen atoms in total. The highest BCUT2D eigenvalue weighted by atomic mass is 32.2. The average Bonchev–Trinajstić information content (AvgIpc) is 3.40. The van der Waals surface area contributed by atoms with Crippen molar-refractivity contribution in [3.05, 3.63) is 126 Å². The number of amides is 3. The fourth-order valence-corrected chi connectivity index (χ4v) is 5.86. The van der Waals surface area contributed by atoms with E-state index in [0.717, 1.165) is 26.2 Å². The lowest BCUT2D eigenvalue weighted by atomic mass is 10.1. The maximum atomic E-state index is 13.2. The highest BCUT2D eigenvalue weighted by Gasteiger charge is 2.18. The average molecular weight is 593 g/mol. The number of carbonyl (C=O) groups excluding carboxylic acids is 3. The number of carbonyl (C=O) groups is 3. The third-order valence-electron chi connectivity index (χ3n) is 6.21. The summed E-state index contributed by atoms with van der Waals surface area (Å²) in [7, 11) is 0. The summed E-state index contributed by atoms with van der Waals surface area (Å²) in [4.78, 5) is 44.2. The molecule has 0 saturated carbocycles. The quantitative estimate of drug-likeness (QED) is 0.125. The van der Waals surface area contributed by atoms with Gasteiger partial charge >= 0.3 is 0 Å². The van der Waals surface area contributed by atoms with E-state index in [-0.39, 0.29) is 22.8 Å². The topological polar surface area (TPSA) is 100 Å². The van der Waals surface area contributed by atoms with Crippen molar-refractivity contribution >= 4 is 67.9 Å². The van der Waals surface area contributed by atoms with Gasteiger partial charge in [-0.15, -0.1) is 11.8 Å². The minimum Gasteiger partial charge on any atom is -0.321 e. The summed E-state index contributed by atoms with van der Waals surface area (Å²) >= 11 is 2.86. The van der Waals surface area contributed by atoms with Crippen LogP contribution in [0.3, 0.4) is 0 Å². The number of aryl methyl sites for hydroxylation is 1. The van der Waals surface area contributed by atoms with Crippen LogP contribution in [-0.2, 0) is 9.59 Å². The molecule has 0 aliphatic heterocycles. The predicted octanol–water partition coefficient (Wildman–Crippen LogP) is 7.13. The number of rotatable bonds is 9. The summed E-state index contributed by atoms with van der Waals surface area (Å²) < 4.78 is 1.03. The first-order valence-corrected chi connectivity index (χ1v) is 14.9. The molecule has 0 spiro atoms. The molecule has 0 saturated heterocycles. The molecule has 0 fully saturated rings. The van der Waals surface area contributed by atoms with Gasteiger partial charge in [-0.2, -0.15) is 0 Å². The van der Waals surface area contributed by atoms with Gasteiger partial charge in [-0.3, -0.25) is 14.4 Å². The van der Waals surface area contributed by atoms with E-state index in [2.05, 4.69) is 27.0 Å². The first-order valence-electron chi connectivity index (χ1n) is 13.2. The third kappa shape index (κ3) is 7.51. The summed E-state index contributed by atoms with van der Waals surface area (Å²) in [6.07, 6.45) is 1.63. The summed E-state index contributed by atoms with van der Waals surface area (Å²) in [6.45, 7) is 3.86. The van der Waals surface area contributed by atoms with E-state index < -0.39 is 5.91 Å². The molecule has 0 radical (unpaired) electrons. The largest absolute Gasteiger partial charge is 0.321 e. The third-order valence-corrected chi connectivity index (χ3v) is 8.25. The molecule has 9 heteroatoms. The number of aromatic nitrogens is 1. The zero-order chi connectivity index (χ0) is 29.5. The number of hydrogen-bond acceptors (Lipinski definition) is 6. The summed E-state index contributed by atoms with van der Waals surface area (Å²) in [6, 6.07) is 31.2. The number of nitrogens with zero attached hydrogens (tertiary/aromatic N) is 1. The predicted molar refractivity (Wildman–Crippen MR) is 172 cm³/mol. The second-order valence-electron chi connectivity index (χ2n) is 9.51. The maximum absolute atomic E-state index is 13.2. The molecule has 1 unspecified atom stereocenters. The van der Waals surface area contributed by atoms with Crippen LogP contribution < -0.4 is 16.0 Å². The van der Waals surface area contributed by atoms with Gasteiger partial charge in [0, 0.05) is 16.1 Å². The number of fused-ring (bicyclic) bond motifs is 1. The second kappa shape index (κ2) is 13.3. The van der Waals surface area contributed by atoms with Crippen LogP contribution in [0.25, 0.3) is 16.3 Å². The van der Waals surface area contributed by atoms with Crippen LogP contribution in [-0.4, -0.2) is 28.0 Å². The Hall–Kier alpha value is -4.73. The normalized spacial score (nSPS) is 12.0. The van der Waals surface area contributed by atoms with E-state index in [1.54, 1.807) is 42.5 Å². The molecule has 5 aromatic rings. The van der Waals surface area contributed by atoms with Crippen molar-refractivity contribution in [2.45, 2.75) is 24.0 Å². The van der Waals surface area contributed by atoms with Gasteiger partial charge in [-0.25, -0.2) is 4.98 Å². The van der Waals surface area contributed by atoms with Gasteiger partial charge in [0.1, 0.15) is 5.70 Å². The molecule has 1 aromatic heterocycles. The van der Waals surface area contributed by atoms with Crippen LogP contribution in [0, 0.1) is 6.92 Å². The number of thiazole rings is 1. The molecule has 210 valence electrons. The number of hydrogen-bond donors (Lipinski definition) is 3. The van der Waals surface area contributed by atoms with Crippen molar-refractivity contribution in [3.63, 3.8) is 0 Å². The molecule has 42 heavy (non-hydrogen) atoms. The molecule has 1 heterocycles. The van der Waals surface area contributed by atoms with Gasteiger partial charge in [0.15, 0.2) is 5.13 Å². The lowest BCUT2D eigenvalue weighted by molar-refractivity contribution is -0.115.